The summed E-state index contributed by atoms with van der Waals surface area (Å²) in [5, 5.41) is 4.34. The molecule has 0 aromatic heterocycles. The van der Waals surface area contributed by atoms with E-state index in [0.717, 1.165) is 17.8 Å². The van der Waals surface area contributed by atoms with Gasteiger partial charge >= 0.3 is 0 Å². The minimum atomic E-state index is 0.727. The van der Waals surface area contributed by atoms with Crippen LogP contribution in [0.2, 0.25) is 0 Å². The molecule has 0 saturated carbocycles. The topological polar surface area (TPSA) is 12.0 Å². The third-order valence-corrected chi connectivity index (χ3v) is 3.20. The van der Waals surface area contributed by atoms with Gasteiger partial charge in [-0.05, 0) is 18.6 Å². The Morgan fingerprint density at radius 1 is 1.17 bits per heavy atom. The van der Waals surface area contributed by atoms with Crippen molar-refractivity contribution in [1.82, 2.24) is 5.32 Å². The molecule has 12 heavy (non-hydrogen) atoms. The first-order valence-corrected chi connectivity index (χ1v) is 6.14. The SMILES string of the molecule is CCSC(C)CNC(CC)CC. The maximum absolute atomic E-state index is 3.58. The number of nitrogens with one attached hydrogen (secondary N) is 1. The van der Waals surface area contributed by atoms with Crippen molar-refractivity contribution in [1.29, 1.82) is 0 Å². The third kappa shape index (κ3) is 5.90. The average molecular weight is 189 g/mol. The van der Waals surface area contributed by atoms with Crippen LogP contribution >= 0.6 is 11.8 Å². The summed E-state index contributed by atoms with van der Waals surface area (Å²) < 4.78 is 0. The van der Waals surface area contributed by atoms with Crippen LogP contribution in [0, 0.1) is 0 Å². The molecule has 1 atom stereocenters. The Hall–Kier alpha value is 0.310. The molecule has 74 valence electrons. The lowest BCUT2D eigenvalue weighted by Gasteiger charge is -2.17. The van der Waals surface area contributed by atoms with E-state index in [2.05, 4.69) is 33.0 Å². The predicted molar refractivity (Wildman–Crippen MR) is 60.0 cm³/mol. The molecule has 0 spiro atoms. The smallest absolute Gasteiger partial charge is 0.0144 e. The Morgan fingerprint density at radius 2 is 1.75 bits per heavy atom. The summed E-state index contributed by atoms with van der Waals surface area (Å²) >= 11 is 2.03. The van der Waals surface area contributed by atoms with Crippen molar-refractivity contribution < 1.29 is 0 Å². The summed E-state index contributed by atoms with van der Waals surface area (Å²) in [5.41, 5.74) is 0. The summed E-state index contributed by atoms with van der Waals surface area (Å²) in [6, 6.07) is 0.727. The standard InChI is InChI=1S/C10H23NS/c1-5-10(6-2)11-8-9(4)12-7-3/h9-11H,5-8H2,1-4H3. The summed E-state index contributed by atoms with van der Waals surface area (Å²) in [4.78, 5) is 0. The van der Waals surface area contributed by atoms with Crippen molar-refractivity contribution in [3.05, 3.63) is 0 Å². The summed E-state index contributed by atoms with van der Waals surface area (Å²) in [7, 11) is 0. The summed E-state index contributed by atoms with van der Waals surface area (Å²) in [6.07, 6.45) is 2.50. The fourth-order valence-electron chi connectivity index (χ4n) is 1.25. The van der Waals surface area contributed by atoms with E-state index in [1.54, 1.807) is 0 Å². The molecular weight excluding hydrogens is 166 g/mol. The molecule has 0 amide bonds. The van der Waals surface area contributed by atoms with Gasteiger partial charge in [-0.15, -0.1) is 0 Å². The second kappa shape index (κ2) is 7.93. The van der Waals surface area contributed by atoms with Gasteiger partial charge < -0.3 is 5.32 Å². The first-order valence-electron chi connectivity index (χ1n) is 5.09. The number of hydrogen-bond donors (Lipinski definition) is 1. The molecule has 0 aromatic rings. The minimum absolute atomic E-state index is 0.727. The van der Waals surface area contributed by atoms with E-state index < -0.39 is 0 Å². The first kappa shape index (κ1) is 12.3. The maximum Gasteiger partial charge on any atom is 0.0144 e. The van der Waals surface area contributed by atoms with Gasteiger partial charge in [-0.2, -0.15) is 11.8 Å². The Balaban J connectivity index is 3.37. The van der Waals surface area contributed by atoms with Crippen molar-refractivity contribution >= 4 is 11.8 Å². The van der Waals surface area contributed by atoms with Crippen LogP contribution in [0.15, 0.2) is 0 Å². The zero-order chi connectivity index (χ0) is 9.40. The molecule has 1 nitrogen and oxygen atoms in total. The number of hydrogen-bond acceptors (Lipinski definition) is 2. The van der Waals surface area contributed by atoms with E-state index in [0.29, 0.717) is 0 Å². The molecule has 1 N–H and O–H groups in total. The van der Waals surface area contributed by atoms with Crippen LogP contribution in [0.1, 0.15) is 40.5 Å². The Kier molecular flexibility index (Phi) is 8.14. The monoisotopic (exact) mass is 189 g/mol. The van der Waals surface area contributed by atoms with Gasteiger partial charge in [0, 0.05) is 17.8 Å². The normalized spacial score (nSPS) is 13.8. The summed E-state index contributed by atoms with van der Waals surface area (Å²) in [5.74, 6) is 1.23. The van der Waals surface area contributed by atoms with E-state index in [9.17, 15) is 0 Å². The van der Waals surface area contributed by atoms with Crippen LogP contribution in [0.4, 0.5) is 0 Å². The minimum Gasteiger partial charge on any atom is -0.313 e. The van der Waals surface area contributed by atoms with E-state index in [1.807, 2.05) is 11.8 Å². The highest BCUT2D eigenvalue weighted by Gasteiger charge is 2.05. The fraction of sp³-hybridized carbons (Fsp3) is 1.00. The highest BCUT2D eigenvalue weighted by molar-refractivity contribution is 7.99. The van der Waals surface area contributed by atoms with Crippen LogP contribution in [0.3, 0.4) is 0 Å². The van der Waals surface area contributed by atoms with Gasteiger partial charge in [0.15, 0.2) is 0 Å². The maximum atomic E-state index is 3.58. The zero-order valence-electron chi connectivity index (χ0n) is 8.89. The van der Waals surface area contributed by atoms with Gasteiger partial charge in [0.05, 0.1) is 0 Å². The highest BCUT2D eigenvalue weighted by Crippen LogP contribution is 2.08. The van der Waals surface area contributed by atoms with Gasteiger partial charge in [-0.3, -0.25) is 0 Å². The molecule has 0 fully saturated rings. The predicted octanol–water partition coefficient (Wildman–Crippen LogP) is 2.91. The van der Waals surface area contributed by atoms with Crippen molar-refractivity contribution in [2.24, 2.45) is 0 Å². The lowest BCUT2D eigenvalue weighted by atomic mass is 10.2. The van der Waals surface area contributed by atoms with Gasteiger partial charge in [0.25, 0.3) is 0 Å². The average Bonchev–Trinajstić information content (AvgIpc) is 2.07. The van der Waals surface area contributed by atoms with Crippen molar-refractivity contribution in [2.45, 2.75) is 51.8 Å². The van der Waals surface area contributed by atoms with Crippen molar-refractivity contribution in [3.8, 4) is 0 Å². The molecule has 0 aliphatic rings. The Labute approximate surface area is 81.7 Å². The molecule has 0 heterocycles. The zero-order valence-corrected chi connectivity index (χ0v) is 9.71. The highest BCUT2D eigenvalue weighted by atomic mass is 32.2. The van der Waals surface area contributed by atoms with Crippen LogP contribution in [0.25, 0.3) is 0 Å². The number of rotatable bonds is 7. The van der Waals surface area contributed by atoms with E-state index >= 15 is 0 Å². The molecule has 1 unspecified atom stereocenters. The Bertz CT molecular complexity index is 91.8. The Morgan fingerprint density at radius 3 is 2.17 bits per heavy atom. The second-order valence-corrected chi connectivity index (χ2v) is 4.90. The molecule has 0 saturated heterocycles. The third-order valence-electron chi connectivity index (χ3n) is 2.13. The molecular formula is C10H23NS. The fourth-order valence-corrected chi connectivity index (χ4v) is 2.04. The van der Waals surface area contributed by atoms with Crippen molar-refractivity contribution in [2.75, 3.05) is 12.3 Å². The molecule has 0 aliphatic heterocycles. The summed E-state index contributed by atoms with van der Waals surface area (Å²) in [6.45, 7) is 10.2. The quantitative estimate of drug-likeness (QED) is 0.661. The van der Waals surface area contributed by atoms with Gasteiger partial charge in [-0.25, -0.2) is 0 Å². The molecule has 0 aromatic carbocycles. The molecule has 2 heteroatoms. The first-order chi connectivity index (χ1) is 5.74. The molecule has 0 bridgehead atoms. The van der Waals surface area contributed by atoms with Crippen LogP contribution in [-0.4, -0.2) is 23.6 Å². The van der Waals surface area contributed by atoms with Crippen molar-refractivity contribution in [3.63, 3.8) is 0 Å². The molecule has 0 rings (SSSR count). The molecule has 0 aliphatic carbocycles. The lowest BCUT2D eigenvalue weighted by molar-refractivity contribution is 0.488. The van der Waals surface area contributed by atoms with E-state index in [1.165, 1.54) is 18.6 Å². The van der Waals surface area contributed by atoms with Crippen LogP contribution < -0.4 is 5.32 Å². The van der Waals surface area contributed by atoms with Crippen LogP contribution in [-0.2, 0) is 0 Å². The van der Waals surface area contributed by atoms with Gasteiger partial charge in [-0.1, -0.05) is 27.7 Å². The van der Waals surface area contributed by atoms with Gasteiger partial charge in [0.1, 0.15) is 0 Å². The van der Waals surface area contributed by atoms with E-state index in [4.69, 9.17) is 0 Å². The lowest BCUT2D eigenvalue weighted by Crippen LogP contribution is -2.32. The second-order valence-electron chi connectivity index (χ2n) is 3.19. The van der Waals surface area contributed by atoms with Crippen LogP contribution in [0.5, 0.6) is 0 Å². The van der Waals surface area contributed by atoms with Gasteiger partial charge in [0.2, 0.25) is 0 Å². The number of thioether (sulfide) groups is 1. The molecule has 0 radical (unpaired) electrons. The largest absolute Gasteiger partial charge is 0.313 e. The van der Waals surface area contributed by atoms with E-state index in [-0.39, 0.29) is 0 Å².